The number of hydrogen-bond acceptors (Lipinski definition) is 2. The first-order valence-electron chi connectivity index (χ1n) is 6.35. The quantitative estimate of drug-likeness (QED) is 0.865. The zero-order valence-corrected chi connectivity index (χ0v) is 13.7. The summed E-state index contributed by atoms with van der Waals surface area (Å²) < 4.78 is 0.949. The Morgan fingerprint density at radius 2 is 1.65 bits per heavy atom. The highest BCUT2D eigenvalue weighted by atomic mass is 79.9. The molecule has 0 saturated heterocycles. The van der Waals surface area contributed by atoms with Gasteiger partial charge in [0.2, 0.25) is 5.91 Å². The van der Waals surface area contributed by atoms with Gasteiger partial charge in [0.1, 0.15) is 0 Å². The van der Waals surface area contributed by atoms with Crippen molar-refractivity contribution < 1.29 is 14.7 Å². The van der Waals surface area contributed by atoms with Crippen LogP contribution < -0.4 is 5.32 Å². The Labute approximate surface area is 127 Å². The van der Waals surface area contributed by atoms with Gasteiger partial charge in [-0.3, -0.25) is 9.59 Å². The third-order valence-corrected chi connectivity index (χ3v) is 3.93. The molecule has 0 aromatic heterocycles. The lowest BCUT2D eigenvalue weighted by atomic mass is 9.83. The minimum atomic E-state index is -0.981. The lowest BCUT2D eigenvalue weighted by Gasteiger charge is -2.27. The number of aliphatic carboxylic acids is 1. The Morgan fingerprint density at radius 3 is 2.10 bits per heavy atom. The normalized spacial score (nSPS) is 12.1. The fourth-order valence-corrected chi connectivity index (χ4v) is 1.86. The maximum atomic E-state index is 12.3. The highest BCUT2D eigenvalue weighted by Crippen LogP contribution is 2.25. The van der Waals surface area contributed by atoms with Crippen LogP contribution in [0.25, 0.3) is 0 Å². The van der Waals surface area contributed by atoms with Gasteiger partial charge in [-0.25, -0.2) is 0 Å². The van der Waals surface area contributed by atoms with Gasteiger partial charge in [0.05, 0.1) is 10.8 Å². The topological polar surface area (TPSA) is 66.4 Å². The number of carboxylic acid groups (broad SMARTS) is 1. The molecular weight excluding hydrogens is 322 g/mol. The molecular formula is C15H20BrNO3. The van der Waals surface area contributed by atoms with E-state index in [9.17, 15) is 9.59 Å². The van der Waals surface area contributed by atoms with Crippen molar-refractivity contribution in [1.82, 2.24) is 5.32 Å². The Hall–Kier alpha value is -1.36. The van der Waals surface area contributed by atoms with Gasteiger partial charge in [-0.1, -0.05) is 28.1 Å². The molecule has 0 atom stereocenters. The van der Waals surface area contributed by atoms with Crippen LogP contribution in [-0.4, -0.2) is 23.5 Å². The molecule has 0 aliphatic rings. The van der Waals surface area contributed by atoms with Crippen molar-refractivity contribution in [2.75, 3.05) is 6.54 Å². The molecule has 1 amide bonds. The molecule has 0 saturated carbocycles. The fraction of sp³-hybridized carbons (Fsp3) is 0.467. The number of rotatable bonds is 5. The molecule has 0 radical (unpaired) electrons. The van der Waals surface area contributed by atoms with E-state index in [4.69, 9.17) is 5.11 Å². The summed E-state index contributed by atoms with van der Waals surface area (Å²) in [5.74, 6) is -1.12. The second-order valence-electron chi connectivity index (χ2n) is 6.00. The number of amides is 1. The molecule has 0 fully saturated rings. The Balaban J connectivity index is 2.80. The average molecular weight is 342 g/mol. The summed E-state index contributed by atoms with van der Waals surface area (Å²) in [5.41, 5.74) is -0.813. The molecule has 110 valence electrons. The van der Waals surface area contributed by atoms with E-state index in [1.165, 1.54) is 0 Å². The van der Waals surface area contributed by atoms with Gasteiger partial charge in [-0.2, -0.15) is 0 Å². The number of carbonyl (C=O) groups is 2. The fourth-order valence-electron chi connectivity index (χ4n) is 1.60. The second-order valence-corrected chi connectivity index (χ2v) is 6.92. The van der Waals surface area contributed by atoms with Crippen LogP contribution in [0.15, 0.2) is 28.7 Å². The predicted molar refractivity (Wildman–Crippen MR) is 81.6 cm³/mol. The summed E-state index contributed by atoms with van der Waals surface area (Å²) in [6.45, 7) is 6.91. The molecule has 0 spiro atoms. The third kappa shape index (κ3) is 3.82. The maximum absolute atomic E-state index is 12.3. The van der Waals surface area contributed by atoms with Crippen molar-refractivity contribution >= 4 is 27.8 Å². The monoisotopic (exact) mass is 341 g/mol. The molecule has 1 aromatic rings. The summed E-state index contributed by atoms with van der Waals surface area (Å²) in [6.07, 6.45) is 0. The molecule has 0 aliphatic heterocycles. The SMILES string of the molecule is CC(C)(CNC(=O)C(C)(C)c1ccc(Br)cc1)C(=O)O. The third-order valence-electron chi connectivity index (χ3n) is 3.40. The highest BCUT2D eigenvalue weighted by Gasteiger charge is 2.33. The van der Waals surface area contributed by atoms with Gasteiger partial charge < -0.3 is 10.4 Å². The first kappa shape index (κ1) is 16.7. The van der Waals surface area contributed by atoms with Gasteiger partial charge >= 0.3 is 5.97 Å². The zero-order valence-electron chi connectivity index (χ0n) is 12.2. The molecule has 5 heteroatoms. The van der Waals surface area contributed by atoms with Gasteiger partial charge in [-0.05, 0) is 45.4 Å². The maximum Gasteiger partial charge on any atom is 0.310 e. The molecule has 2 N–H and O–H groups in total. The van der Waals surface area contributed by atoms with Crippen molar-refractivity contribution in [2.24, 2.45) is 5.41 Å². The molecule has 20 heavy (non-hydrogen) atoms. The minimum absolute atomic E-state index is 0.0983. The van der Waals surface area contributed by atoms with Crippen molar-refractivity contribution in [3.05, 3.63) is 34.3 Å². The van der Waals surface area contributed by atoms with Gasteiger partial charge in [-0.15, -0.1) is 0 Å². The number of benzene rings is 1. The van der Waals surface area contributed by atoms with Gasteiger partial charge in [0, 0.05) is 11.0 Å². The first-order chi connectivity index (χ1) is 9.07. The molecule has 1 rings (SSSR count). The van der Waals surface area contributed by atoms with Crippen molar-refractivity contribution in [3.8, 4) is 0 Å². The van der Waals surface area contributed by atoms with E-state index < -0.39 is 16.8 Å². The Morgan fingerprint density at radius 1 is 1.15 bits per heavy atom. The van der Waals surface area contributed by atoms with E-state index in [0.717, 1.165) is 10.0 Å². The molecule has 0 unspecified atom stereocenters. The zero-order chi connectivity index (χ0) is 15.6. The standard InChI is InChI=1S/C15H20BrNO3/c1-14(2,13(19)20)9-17-12(18)15(3,4)10-5-7-11(16)8-6-10/h5-8H,9H2,1-4H3,(H,17,18)(H,19,20). The Kier molecular flexibility index (Phi) is 4.97. The van der Waals surface area contributed by atoms with Crippen molar-refractivity contribution in [1.29, 1.82) is 0 Å². The summed E-state index contributed by atoms with van der Waals surface area (Å²) in [5, 5.41) is 11.8. The van der Waals surface area contributed by atoms with E-state index in [0.29, 0.717) is 0 Å². The van der Waals surface area contributed by atoms with Gasteiger partial charge in [0.25, 0.3) is 0 Å². The summed E-state index contributed by atoms with van der Waals surface area (Å²) >= 11 is 3.36. The lowest BCUT2D eigenvalue weighted by Crippen LogP contribution is -2.45. The van der Waals surface area contributed by atoms with Crippen LogP contribution in [0.3, 0.4) is 0 Å². The van der Waals surface area contributed by atoms with Crippen LogP contribution in [0.5, 0.6) is 0 Å². The molecule has 1 aromatic carbocycles. The minimum Gasteiger partial charge on any atom is -0.481 e. The van der Waals surface area contributed by atoms with E-state index >= 15 is 0 Å². The van der Waals surface area contributed by atoms with Crippen LogP contribution in [0.2, 0.25) is 0 Å². The van der Waals surface area contributed by atoms with Crippen LogP contribution in [-0.2, 0) is 15.0 Å². The summed E-state index contributed by atoms with van der Waals surface area (Å²) in [4.78, 5) is 23.3. The number of nitrogens with one attached hydrogen (secondary N) is 1. The predicted octanol–water partition coefficient (Wildman–Crippen LogP) is 2.95. The average Bonchev–Trinajstić information content (AvgIpc) is 2.36. The number of halogens is 1. The smallest absolute Gasteiger partial charge is 0.310 e. The lowest BCUT2D eigenvalue weighted by molar-refractivity contribution is -0.146. The number of hydrogen-bond donors (Lipinski definition) is 2. The largest absolute Gasteiger partial charge is 0.481 e. The van der Waals surface area contributed by atoms with E-state index in [1.54, 1.807) is 13.8 Å². The number of carbonyl (C=O) groups excluding carboxylic acids is 1. The summed E-state index contributed by atoms with van der Waals surface area (Å²) in [6, 6.07) is 7.52. The van der Waals surface area contributed by atoms with E-state index in [2.05, 4.69) is 21.2 Å². The molecule has 0 aliphatic carbocycles. The first-order valence-corrected chi connectivity index (χ1v) is 7.14. The number of carboxylic acids is 1. The van der Waals surface area contributed by atoms with Crippen molar-refractivity contribution in [2.45, 2.75) is 33.1 Å². The van der Waals surface area contributed by atoms with E-state index in [1.807, 2.05) is 38.1 Å². The summed E-state index contributed by atoms with van der Waals surface area (Å²) in [7, 11) is 0. The van der Waals surface area contributed by atoms with Gasteiger partial charge in [0.15, 0.2) is 0 Å². The van der Waals surface area contributed by atoms with E-state index in [-0.39, 0.29) is 12.5 Å². The molecule has 0 heterocycles. The molecule has 4 nitrogen and oxygen atoms in total. The highest BCUT2D eigenvalue weighted by molar-refractivity contribution is 9.10. The molecule has 0 bridgehead atoms. The van der Waals surface area contributed by atoms with Crippen LogP contribution >= 0.6 is 15.9 Å². The van der Waals surface area contributed by atoms with Crippen LogP contribution in [0, 0.1) is 5.41 Å². The van der Waals surface area contributed by atoms with Crippen LogP contribution in [0.1, 0.15) is 33.3 Å². The Bertz CT molecular complexity index is 506. The van der Waals surface area contributed by atoms with Crippen molar-refractivity contribution in [3.63, 3.8) is 0 Å². The van der Waals surface area contributed by atoms with Crippen LogP contribution in [0.4, 0.5) is 0 Å². The second kappa shape index (κ2) is 5.95.